The molecule has 80 valence electrons. The second kappa shape index (κ2) is 4.46. The van der Waals surface area contributed by atoms with Crippen LogP contribution in [-0.2, 0) is 0 Å². The molecule has 2 heteroatoms. The average molecular weight is 202 g/mol. The normalized spacial score (nSPS) is 11.1. The highest BCUT2D eigenvalue weighted by molar-refractivity contribution is 5.34. The van der Waals surface area contributed by atoms with Crippen molar-refractivity contribution >= 4 is 0 Å². The van der Waals surface area contributed by atoms with Gasteiger partial charge in [-0.15, -0.1) is 0 Å². The van der Waals surface area contributed by atoms with E-state index in [1.165, 1.54) is 5.56 Å². The molecular formula is C13H18N2. The van der Waals surface area contributed by atoms with E-state index in [4.69, 9.17) is 5.73 Å². The van der Waals surface area contributed by atoms with E-state index in [1.54, 1.807) is 6.20 Å². The number of nitrogens with two attached hydrogens (primary N) is 1. The van der Waals surface area contributed by atoms with E-state index < -0.39 is 5.54 Å². The highest BCUT2D eigenvalue weighted by Gasteiger charge is 2.04. The smallest absolute Gasteiger partial charge is 0.113 e. The molecule has 1 rings (SSSR count). The second-order valence-electron chi connectivity index (χ2n) is 4.60. The summed E-state index contributed by atoms with van der Waals surface area (Å²) in [6, 6.07) is 4.03. The summed E-state index contributed by atoms with van der Waals surface area (Å²) in [7, 11) is 0. The number of nitrogens with zero attached hydrogens (tertiary/aromatic N) is 1. The van der Waals surface area contributed by atoms with Gasteiger partial charge in [-0.1, -0.05) is 19.8 Å². The molecule has 1 heterocycles. The van der Waals surface area contributed by atoms with Gasteiger partial charge < -0.3 is 5.73 Å². The Morgan fingerprint density at radius 1 is 1.40 bits per heavy atom. The summed E-state index contributed by atoms with van der Waals surface area (Å²) < 4.78 is 0. The van der Waals surface area contributed by atoms with Gasteiger partial charge in [-0.05, 0) is 43.4 Å². The molecule has 0 amide bonds. The minimum absolute atomic E-state index is 0.463. The first kappa shape index (κ1) is 11.7. The lowest BCUT2D eigenvalue weighted by Gasteiger charge is -2.08. The SMILES string of the molecule is CC(C)c1ccnc(C#CC(C)(C)N)c1. The monoisotopic (exact) mass is 202 g/mol. The zero-order valence-corrected chi connectivity index (χ0v) is 9.83. The van der Waals surface area contributed by atoms with E-state index in [0.717, 1.165) is 5.69 Å². The first-order valence-electron chi connectivity index (χ1n) is 5.16. The van der Waals surface area contributed by atoms with E-state index >= 15 is 0 Å². The molecule has 0 unspecified atom stereocenters. The fourth-order valence-electron chi connectivity index (χ4n) is 1.10. The molecule has 0 saturated heterocycles. The lowest BCUT2D eigenvalue weighted by Crippen LogP contribution is -2.29. The Morgan fingerprint density at radius 3 is 2.60 bits per heavy atom. The van der Waals surface area contributed by atoms with Crippen LogP contribution < -0.4 is 5.73 Å². The summed E-state index contributed by atoms with van der Waals surface area (Å²) in [6.07, 6.45) is 1.79. The van der Waals surface area contributed by atoms with Crippen molar-refractivity contribution in [1.82, 2.24) is 4.98 Å². The number of rotatable bonds is 1. The predicted molar refractivity (Wildman–Crippen MR) is 63.5 cm³/mol. The highest BCUT2D eigenvalue weighted by Crippen LogP contribution is 2.13. The van der Waals surface area contributed by atoms with Gasteiger partial charge in [0, 0.05) is 6.20 Å². The molecule has 1 aromatic rings. The van der Waals surface area contributed by atoms with Gasteiger partial charge in [-0.25, -0.2) is 4.98 Å². The summed E-state index contributed by atoms with van der Waals surface area (Å²) in [5, 5.41) is 0. The summed E-state index contributed by atoms with van der Waals surface area (Å²) >= 11 is 0. The third kappa shape index (κ3) is 4.14. The maximum atomic E-state index is 5.78. The Balaban J connectivity index is 2.95. The van der Waals surface area contributed by atoms with Crippen molar-refractivity contribution in [2.24, 2.45) is 5.73 Å². The Morgan fingerprint density at radius 2 is 2.07 bits per heavy atom. The van der Waals surface area contributed by atoms with Crippen LogP contribution in [0.3, 0.4) is 0 Å². The number of hydrogen-bond donors (Lipinski definition) is 1. The number of pyridine rings is 1. The summed E-state index contributed by atoms with van der Waals surface area (Å²) in [5.74, 6) is 6.46. The van der Waals surface area contributed by atoms with Crippen LogP contribution in [0.15, 0.2) is 18.3 Å². The van der Waals surface area contributed by atoms with Gasteiger partial charge in [0.15, 0.2) is 0 Å². The fourth-order valence-corrected chi connectivity index (χ4v) is 1.10. The maximum Gasteiger partial charge on any atom is 0.113 e. The van der Waals surface area contributed by atoms with E-state index in [0.29, 0.717) is 5.92 Å². The van der Waals surface area contributed by atoms with Gasteiger partial charge in [0.2, 0.25) is 0 Å². The predicted octanol–water partition coefficient (Wildman–Crippen LogP) is 2.29. The van der Waals surface area contributed by atoms with E-state index in [2.05, 4.69) is 30.7 Å². The summed E-state index contributed by atoms with van der Waals surface area (Å²) in [4.78, 5) is 4.20. The molecule has 0 spiro atoms. The molecular weight excluding hydrogens is 184 g/mol. The molecule has 0 radical (unpaired) electrons. The van der Waals surface area contributed by atoms with Crippen molar-refractivity contribution in [3.63, 3.8) is 0 Å². The van der Waals surface area contributed by atoms with Crippen LogP contribution >= 0.6 is 0 Å². The van der Waals surface area contributed by atoms with Crippen molar-refractivity contribution < 1.29 is 0 Å². The minimum atomic E-state index is -0.463. The molecule has 1 aromatic heterocycles. The number of hydrogen-bond acceptors (Lipinski definition) is 2. The molecule has 0 aliphatic heterocycles. The molecule has 0 fully saturated rings. The van der Waals surface area contributed by atoms with Crippen molar-refractivity contribution in [2.75, 3.05) is 0 Å². The topological polar surface area (TPSA) is 38.9 Å². The average Bonchev–Trinajstić information content (AvgIpc) is 2.14. The van der Waals surface area contributed by atoms with Gasteiger partial charge in [0.1, 0.15) is 5.69 Å². The lowest BCUT2D eigenvalue weighted by molar-refractivity contribution is 0.680. The Kier molecular flexibility index (Phi) is 3.49. The molecule has 15 heavy (non-hydrogen) atoms. The van der Waals surface area contributed by atoms with Crippen molar-refractivity contribution in [3.05, 3.63) is 29.6 Å². The quantitative estimate of drug-likeness (QED) is 0.710. The Bertz CT molecular complexity index is 389. The number of aromatic nitrogens is 1. The zero-order valence-electron chi connectivity index (χ0n) is 9.83. The first-order chi connectivity index (χ1) is 6.88. The lowest BCUT2D eigenvalue weighted by atomic mass is 10.0. The van der Waals surface area contributed by atoms with E-state index in [1.807, 2.05) is 26.0 Å². The minimum Gasteiger partial charge on any atom is -0.316 e. The molecule has 2 N–H and O–H groups in total. The molecule has 0 saturated carbocycles. The van der Waals surface area contributed by atoms with Crippen molar-refractivity contribution in [3.8, 4) is 11.8 Å². The van der Waals surface area contributed by atoms with Crippen LogP contribution in [0, 0.1) is 11.8 Å². The standard InChI is InChI=1S/C13H18N2/c1-10(2)11-6-8-15-12(9-11)5-7-13(3,4)14/h6,8-10H,14H2,1-4H3. The van der Waals surface area contributed by atoms with Crippen LogP contribution in [0.2, 0.25) is 0 Å². The van der Waals surface area contributed by atoms with E-state index in [9.17, 15) is 0 Å². The summed E-state index contributed by atoms with van der Waals surface area (Å²) in [6.45, 7) is 8.07. The Labute approximate surface area is 91.9 Å². The highest BCUT2D eigenvalue weighted by atomic mass is 14.7. The molecule has 0 aliphatic carbocycles. The molecule has 2 nitrogen and oxygen atoms in total. The van der Waals surface area contributed by atoms with Crippen LogP contribution in [-0.4, -0.2) is 10.5 Å². The van der Waals surface area contributed by atoms with Crippen LogP contribution in [0.5, 0.6) is 0 Å². The second-order valence-corrected chi connectivity index (χ2v) is 4.60. The maximum absolute atomic E-state index is 5.78. The van der Waals surface area contributed by atoms with Gasteiger partial charge >= 0.3 is 0 Å². The Hall–Kier alpha value is -1.33. The third-order valence-corrected chi connectivity index (χ3v) is 1.96. The fraction of sp³-hybridized carbons (Fsp3) is 0.462. The first-order valence-corrected chi connectivity index (χ1v) is 5.16. The molecule has 0 aliphatic rings. The molecule has 0 aromatic carbocycles. The van der Waals surface area contributed by atoms with Crippen LogP contribution in [0.25, 0.3) is 0 Å². The van der Waals surface area contributed by atoms with E-state index in [-0.39, 0.29) is 0 Å². The molecule has 0 atom stereocenters. The van der Waals surface area contributed by atoms with Gasteiger partial charge in [0.05, 0.1) is 5.54 Å². The van der Waals surface area contributed by atoms with Crippen LogP contribution in [0.4, 0.5) is 0 Å². The van der Waals surface area contributed by atoms with Crippen molar-refractivity contribution in [1.29, 1.82) is 0 Å². The molecule has 0 bridgehead atoms. The van der Waals surface area contributed by atoms with Crippen LogP contribution in [0.1, 0.15) is 44.9 Å². The van der Waals surface area contributed by atoms with Gasteiger partial charge in [-0.2, -0.15) is 0 Å². The van der Waals surface area contributed by atoms with Gasteiger partial charge in [0.25, 0.3) is 0 Å². The zero-order chi connectivity index (χ0) is 11.5. The third-order valence-electron chi connectivity index (χ3n) is 1.96. The van der Waals surface area contributed by atoms with Gasteiger partial charge in [-0.3, -0.25) is 0 Å². The summed E-state index contributed by atoms with van der Waals surface area (Å²) in [5.41, 5.74) is 7.36. The van der Waals surface area contributed by atoms with Crippen molar-refractivity contribution in [2.45, 2.75) is 39.2 Å². The largest absolute Gasteiger partial charge is 0.316 e.